The van der Waals surface area contributed by atoms with E-state index in [0.717, 1.165) is 17.2 Å². The van der Waals surface area contributed by atoms with Crippen molar-refractivity contribution >= 4 is 5.91 Å². The average Bonchev–Trinajstić information content (AvgIpc) is 3.06. The minimum atomic E-state index is -0.631. The fourth-order valence-corrected chi connectivity index (χ4v) is 2.61. The topological polar surface area (TPSA) is 102 Å². The van der Waals surface area contributed by atoms with E-state index in [1.165, 1.54) is 0 Å². The molecule has 0 fully saturated rings. The Bertz CT molecular complexity index is 929. The van der Waals surface area contributed by atoms with Crippen molar-refractivity contribution in [1.82, 2.24) is 14.9 Å². The van der Waals surface area contributed by atoms with Crippen LogP contribution in [0.2, 0.25) is 0 Å². The minimum Gasteiger partial charge on any atom is -0.454 e. The van der Waals surface area contributed by atoms with Crippen molar-refractivity contribution in [3.63, 3.8) is 0 Å². The van der Waals surface area contributed by atoms with E-state index in [9.17, 15) is 14.4 Å². The molecule has 1 aliphatic rings. The summed E-state index contributed by atoms with van der Waals surface area (Å²) in [6.07, 6.45) is 1.96. The number of hydrogen-bond donors (Lipinski definition) is 2. The van der Waals surface area contributed by atoms with Gasteiger partial charge in [-0.1, -0.05) is 19.9 Å². The molecule has 0 saturated heterocycles. The number of amides is 1. The first-order valence-electron chi connectivity index (χ1n) is 8.45. The Morgan fingerprint density at radius 3 is 2.81 bits per heavy atom. The third kappa shape index (κ3) is 3.79. The molecule has 0 radical (unpaired) electrons. The van der Waals surface area contributed by atoms with Gasteiger partial charge in [-0.3, -0.25) is 14.2 Å². The van der Waals surface area contributed by atoms with Crippen molar-refractivity contribution in [3.05, 3.63) is 56.4 Å². The second-order valence-electron chi connectivity index (χ2n) is 6.52. The summed E-state index contributed by atoms with van der Waals surface area (Å²) >= 11 is 0. The zero-order valence-corrected chi connectivity index (χ0v) is 14.7. The van der Waals surface area contributed by atoms with Crippen molar-refractivity contribution in [3.8, 4) is 11.5 Å². The number of ether oxygens (including phenoxy) is 2. The van der Waals surface area contributed by atoms with E-state index in [1.807, 2.05) is 13.8 Å². The van der Waals surface area contributed by atoms with Crippen LogP contribution in [-0.4, -0.2) is 28.8 Å². The molecule has 0 bridgehead atoms. The van der Waals surface area contributed by atoms with Crippen LogP contribution in [0.5, 0.6) is 11.5 Å². The molecule has 0 spiro atoms. The number of fused-ring (bicyclic) bond motifs is 1. The molecule has 2 heterocycles. The minimum absolute atomic E-state index is 0.0257. The summed E-state index contributed by atoms with van der Waals surface area (Å²) in [6.45, 7) is 4.73. The number of benzene rings is 1. The lowest BCUT2D eigenvalue weighted by Gasteiger charge is -2.09. The molecule has 1 aromatic heterocycles. The second-order valence-corrected chi connectivity index (χ2v) is 6.52. The molecule has 0 atom stereocenters. The highest BCUT2D eigenvalue weighted by atomic mass is 16.7. The molecular formula is C18H21N3O5. The van der Waals surface area contributed by atoms with Gasteiger partial charge in [-0.25, -0.2) is 4.79 Å². The summed E-state index contributed by atoms with van der Waals surface area (Å²) in [7, 11) is 0. The lowest BCUT2D eigenvalue weighted by Crippen LogP contribution is -2.41. The number of rotatable bonds is 6. The summed E-state index contributed by atoms with van der Waals surface area (Å²) < 4.78 is 11.5. The standard InChI is InChI=1S/C18H21N3O5/c1-11(2)5-6-19-16(22)13-8-20-18(24)21(17(13)23)9-12-3-4-14-15(7-12)26-10-25-14/h3-4,7-8,11H,5-6,9-10H2,1-2H3,(H,19,22)(H,20,24). The van der Waals surface area contributed by atoms with Gasteiger partial charge in [0.1, 0.15) is 5.56 Å². The van der Waals surface area contributed by atoms with E-state index in [-0.39, 0.29) is 18.9 Å². The molecule has 138 valence electrons. The van der Waals surface area contributed by atoms with Gasteiger partial charge in [-0.05, 0) is 30.0 Å². The van der Waals surface area contributed by atoms with Gasteiger partial charge in [0, 0.05) is 12.7 Å². The van der Waals surface area contributed by atoms with Crippen molar-refractivity contribution < 1.29 is 14.3 Å². The Hall–Kier alpha value is -3.03. The molecule has 3 rings (SSSR count). The number of aromatic nitrogens is 2. The van der Waals surface area contributed by atoms with Crippen molar-refractivity contribution in [2.24, 2.45) is 5.92 Å². The molecule has 1 amide bonds. The normalized spacial score (nSPS) is 12.4. The van der Waals surface area contributed by atoms with Gasteiger partial charge in [0.05, 0.1) is 6.54 Å². The van der Waals surface area contributed by atoms with Crippen LogP contribution in [0, 0.1) is 5.92 Å². The Labute approximate surface area is 149 Å². The van der Waals surface area contributed by atoms with Crippen molar-refractivity contribution in [2.45, 2.75) is 26.8 Å². The summed E-state index contributed by atoms with van der Waals surface area (Å²) in [5.41, 5.74) is -0.604. The molecule has 2 aromatic rings. The van der Waals surface area contributed by atoms with Gasteiger partial charge in [-0.15, -0.1) is 0 Å². The predicted molar refractivity (Wildman–Crippen MR) is 94.8 cm³/mol. The first kappa shape index (κ1) is 17.8. The molecule has 0 aliphatic carbocycles. The van der Waals surface area contributed by atoms with Gasteiger partial charge >= 0.3 is 5.69 Å². The number of carbonyl (C=O) groups excluding carboxylic acids is 1. The smallest absolute Gasteiger partial charge is 0.328 e. The van der Waals surface area contributed by atoms with E-state index in [4.69, 9.17) is 9.47 Å². The van der Waals surface area contributed by atoms with Crippen LogP contribution in [0.3, 0.4) is 0 Å². The Morgan fingerprint density at radius 1 is 1.27 bits per heavy atom. The SMILES string of the molecule is CC(C)CCNC(=O)c1c[nH]c(=O)n(Cc2ccc3c(c2)OCO3)c1=O. The molecular weight excluding hydrogens is 338 g/mol. The maximum Gasteiger partial charge on any atom is 0.328 e. The zero-order chi connectivity index (χ0) is 18.7. The predicted octanol–water partition coefficient (Wildman–Crippen LogP) is 1.09. The summed E-state index contributed by atoms with van der Waals surface area (Å²) in [5, 5.41) is 2.70. The van der Waals surface area contributed by atoms with Crippen LogP contribution in [0.4, 0.5) is 0 Å². The van der Waals surface area contributed by atoms with Crippen LogP contribution in [0.25, 0.3) is 0 Å². The zero-order valence-electron chi connectivity index (χ0n) is 14.7. The quantitative estimate of drug-likeness (QED) is 0.804. The Kier molecular flexibility index (Phi) is 5.11. The molecule has 8 heteroatoms. The molecule has 0 unspecified atom stereocenters. The second kappa shape index (κ2) is 7.47. The summed E-state index contributed by atoms with van der Waals surface area (Å²) in [5.74, 6) is 1.13. The number of nitrogens with one attached hydrogen (secondary N) is 2. The van der Waals surface area contributed by atoms with E-state index >= 15 is 0 Å². The van der Waals surface area contributed by atoms with Gasteiger partial charge in [-0.2, -0.15) is 0 Å². The molecule has 8 nitrogen and oxygen atoms in total. The van der Waals surface area contributed by atoms with Gasteiger partial charge in [0.2, 0.25) is 6.79 Å². The van der Waals surface area contributed by atoms with Gasteiger partial charge in [0.15, 0.2) is 11.5 Å². The first-order valence-corrected chi connectivity index (χ1v) is 8.45. The van der Waals surface area contributed by atoms with E-state index in [2.05, 4.69) is 10.3 Å². The number of hydrogen-bond acceptors (Lipinski definition) is 5. The Balaban J connectivity index is 1.82. The van der Waals surface area contributed by atoms with E-state index in [0.29, 0.717) is 29.5 Å². The number of H-pyrrole nitrogens is 1. The van der Waals surface area contributed by atoms with Crippen LogP contribution < -0.4 is 26.0 Å². The van der Waals surface area contributed by atoms with Crippen LogP contribution in [0.15, 0.2) is 34.0 Å². The maximum atomic E-state index is 12.6. The molecule has 2 N–H and O–H groups in total. The van der Waals surface area contributed by atoms with Crippen LogP contribution in [0.1, 0.15) is 36.2 Å². The van der Waals surface area contributed by atoms with Gasteiger partial charge in [0.25, 0.3) is 11.5 Å². The number of carbonyl (C=O) groups is 1. The van der Waals surface area contributed by atoms with Gasteiger partial charge < -0.3 is 19.8 Å². The highest BCUT2D eigenvalue weighted by Crippen LogP contribution is 2.32. The largest absolute Gasteiger partial charge is 0.454 e. The third-order valence-electron chi connectivity index (χ3n) is 4.09. The number of nitrogens with zero attached hydrogens (tertiary/aromatic N) is 1. The summed E-state index contributed by atoms with van der Waals surface area (Å²) in [6, 6.07) is 5.18. The molecule has 1 aromatic carbocycles. The van der Waals surface area contributed by atoms with Crippen LogP contribution in [-0.2, 0) is 6.54 Å². The molecule has 0 saturated carbocycles. The van der Waals surface area contributed by atoms with Crippen LogP contribution >= 0.6 is 0 Å². The monoisotopic (exact) mass is 359 g/mol. The van der Waals surface area contributed by atoms with Crippen molar-refractivity contribution in [2.75, 3.05) is 13.3 Å². The molecule has 1 aliphatic heterocycles. The Morgan fingerprint density at radius 2 is 2.04 bits per heavy atom. The summed E-state index contributed by atoms with van der Waals surface area (Å²) in [4.78, 5) is 39.4. The first-order chi connectivity index (χ1) is 12.5. The lowest BCUT2D eigenvalue weighted by atomic mass is 10.1. The highest BCUT2D eigenvalue weighted by Gasteiger charge is 2.17. The lowest BCUT2D eigenvalue weighted by molar-refractivity contribution is 0.0949. The highest BCUT2D eigenvalue weighted by molar-refractivity contribution is 5.93. The maximum absolute atomic E-state index is 12.6. The fourth-order valence-electron chi connectivity index (χ4n) is 2.61. The van der Waals surface area contributed by atoms with Crippen molar-refractivity contribution in [1.29, 1.82) is 0 Å². The average molecular weight is 359 g/mol. The number of aromatic amines is 1. The van der Waals surface area contributed by atoms with E-state index in [1.54, 1.807) is 18.2 Å². The van der Waals surface area contributed by atoms with E-state index < -0.39 is 17.2 Å². The fraction of sp³-hybridized carbons (Fsp3) is 0.389. The molecule has 26 heavy (non-hydrogen) atoms. The third-order valence-corrected chi connectivity index (χ3v) is 4.09.